The maximum Gasteiger partial charge on any atom is 0.102 e. The van der Waals surface area contributed by atoms with E-state index in [2.05, 4.69) is 18.3 Å². The Morgan fingerprint density at radius 3 is 2.94 bits per heavy atom. The van der Waals surface area contributed by atoms with E-state index < -0.39 is 5.60 Å². The standard InChI is InChI=1S/C15H20N2O/c1-11-6-7-17-14(8-11)15(2,18)13-5-3-4-12(9-13)10-16/h3-5,9,11,14,17-18H,6-8H2,1-2H3. The number of benzene rings is 1. The SMILES string of the molecule is CC1CCNC(C(C)(O)c2cccc(C#N)c2)C1. The molecule has 96 valence electrons. The second-order valence-corrected chi connectivity index (χ2v) is 5.48. The molecule has 0 bridgehead atoms. The van der Waals surface area contributed by atoms with Crippen molar-refractivity contribution in [2.75, 3.05) is 6.54 Å². The summed E-state index contributed by atoms with van der Waals surface area (Å²) in [5.74, 6) is 0.627. The lowest BCUT2D eigenvalue weighted by molar-refractivity contribution is -0.00142. The number of hydrogen-bond donors (Lipinski definition) is 2. The first-order chi connectivity index (χ1) is 8.54. The van der Waals surface area contributed by atoms with Gasteiger partial charge in [0, 0.05) is 6.04 Å². The summed E-state index contributed by atoms with van der Waals surface area (Å²) in [5.41, 5.74) is 0.478. The summed E-state index contributed by atoms with van der Waals surface area (Å²) in [4.78, 5) is 0. The van der Waals surface area contributed by atoms with Crippen LogP contribution in [0.25, 0.3) is 0 Å². The number of rotatable bonds is 2. The Bertz CT molecular complexity index is 462. The highest BCUT2D eigenvalue weighted by Crippen LogP contribution is 2.31. The maximum absolute atomic E-state index is 10.8. The summed E-state index contributed by atoms with van der Waals surface area (Å²) in [7, 11) is 0. The van der Waals surface area contributed by atoms with Gasteiger partial charge < -0.3 is 10.4 Å². The minimum Gasteiger partial charge on any atom is -0.384 e. The lowest BCUT2D eigenvalue weighted by Crippen LogP contribution is -2.50. The Balaban J connectivity index is 2.26. The van der Waals surface area contributed by atoms with Gasteiger partial charge in [0.15, 0.2) is 0 Å². The predicted molar refractivity (Wildman–Crippen MR) is 70.9 cm³/mol. The van der Waals surface area contributed by atoms with Crippen LogP contribution >= 0.6 is 0 Å². The van der Waals surface area contributed by atoms with E-state index in [1.165, 1.54) is 0 Å². The van der Waals surface area contributed by atoms with Crippen LogP contribution in [0.3, 0.4) is 0 Å². The lowest BCUT2D eigenvalue weighted by atomic mass is 9.80. The summed E-state index contributed by atoms with van der Waals surface area (Å²) in [6.45, 7) is 4.99. The number of nitrogens with zero attached hydrogens (tertiary/aromatic N) is 1. The quantitative estimate of drug-likeness (QED) is 0.838. The van der Waals surface area contributed by atoms with Gasteiger partial charge in [0.25, 0.3) is 0 Å². The van der Waals surface area contributed by atoms with Gasteiger partial charge in [-0.25, -0.2) is 0 Å². The van der Waals surface area contributed by atoms with Crippen molar-refractivity contribution in [3.8, 4) is 6.07 Å². The van der Waals surface area contributed by atoms with Crippen molar-refractivity contribution in [2.24, 2.45) is 5.92 Å². The number of hydrogen-bond acceptors (Lipinski definition) is 3. The van der Waals surface area contributed by atoms with E-state index in [1.807, 2.05) is 19.1 Å². The molecular weight excluding hydrogens is 224 g/mol. The van der Waals surface area contributed by atoms with Crippen molar-refractivity contribution in [3.63, 3.8) is 0 Å². The van der Waals surface area contributed by atoms with Crippen LogP contribution < -0.4 is 5.32 Å². The number of nitriles is 1. The summed E-state index contributed by atoms with van der Waals surface area (Å²) >= 11 is 0. The summed E-state index contributed by atoms with van der Waals surface area (Å²) in [5, 5.41) is 23.1. The Morgan fingerprint density at radius 1 is 1.50 bits per heavy atom. The van der Waals surface area contributed by atoms with Crippen molar-refractivity contribution >= 4 is 0 Å². The second kappa shape index (κ2) is 5.09. The van der Waals surface area contributed by atoms with Crippen LogP contribution in [-0.2, 0) is 5.60 Å². The molecule has 3 nitrogen and oxygen atoms in total. The Kier molecular flexibility index (Phi) is 3.70. The zero-order valence-corrected chi connectivity index (χ0v) is 11.0. The molecule has 1 aromatic rings. The molecule has 1 heterocycles. The fraction of sp³-hybridized carbons (Fsp3) is 0.533. The third kappa shape index (κ3) is 2.55. The molecule has 0 saturated carbocycles. The molecule has 0 amide bonds. The molecule has 1 aliphatic heterocycles. The van der Waals surface area contributed by atoms with Crippen LogP contribution in [0.5, 0.6) is 0 Å². The van der Waals surface area contributed by atoms with E-state index in [4.69, 9.17) is 5.26 Å². The zero-order chi connectivity index (χ0) is 13.2. The number of nitrogens with one attached hydrogen (secondary N) is 1. The average molecular weight is 244 g/mol. The van der Waals surface area contributed by atoms with E-state index in [1.54, 1.807) is 12.1 Å². The monoisotopic (exact) mass is 244 g/mol. The molecule has 1 fully saturated rings. The molecule has 1 aliphatic rings. The van der Waals surface area contributed by atoms with Gasteiger partial charge in [0.2, 0.25) is 0 Å². The van der Waals surface area contributed by atoms with E-state index in [9.17, 15) is 5.11 Å². The summed E-state index contributed by atoms with van der Waals surface area (Å²) in [6, 6.07) is 9.43. The molecule has 1 aromatic carbocycles. The van der Waals surface area contributed by atoms with Gasteiger partial charge >= 0.3 is 0 Å². The smallest absolute Gasteiger partial charge is 0.102 e. The average Bonchev–Trinajstić information content (AvgIpc) is 2.39. The molecule has 0 radical (unpaired) electrons. The minimum absolute atomic E-state index is 0.0511. The highest BCUT2D eigenvalue weighted by atomic mass is 16.3. The summed E-state index contributed by atoms with van der Waals surface area (Å²) < 4.78 is 0. The fourth-order valence-corrected chi connectivity index (χ4v) is 2.64. The zero-order valence-electron chi connectivity index (χ0n) is 11.0. The van der Waals surface area contributed by atoms with Crippen molar-refractivity contribution in [1.82, 2.24) is 5.32 Å². The van der Waals surface area contributed by atoms with Crippen LogP contribution in [0.2, 0.25) is 0 Å². The maximum atomic E-state index is 10.8. The predicted octanol–water partition coefficient (Wildman–Crippen LogP) is 2.15. The van der Waals surface area contributed by atoms with Crippen molar-refractivity contribution in [2.45, 2.75) is 38.3 Å². The van der Waals surface area contributed by atoms with E-state index in [0.717, 1.165) is 24.9 Å². The molecule has 0 aliphatic carbocycles. The Labute approximate surface area is 108 Å². The van der Waals surface area contributed by atoms with Crippen LogP contribution in [-0.4, -0.2) is 17.7 Å². The first-order valence-corrected chi connectivity index (χ1v) is 6.50. The van der Waals surface area contributed by atoms with Crippen molar-refractivity contribution < 1.29 is 5.11 Å². The van der Waals surface area contributed by atoms with E-state index in [0.29, 0.717) is 11.5 Å². The van der Waals surface area contributed by atoms with Crippen LogP contribution in [0.1, 0.15) is 37.8 Å². The third-order valence-electron chi connectivity index (χ3n) is 3.92. The van der Waals surface area contributed by atoms with Gasteiger partial charge in [-0.1, -0.05) is 19.1 Å². The summed E-state index contributed by atoms with van der Waals surface area (Å²) in [6.07, 6.45) is 2.12. The normalized spacial score (nSPS) is 27.2. The molecule has 18 heavy (non-hydrogen) atoms. The van der Waals surface area contributed by atoms with Gasteiger partial charge in [0.1, 0.15) is 5.60 Å². The minimum atomic E-state index is -0.929. The molecule has 2 rings (SSSR count). The van der Waals surface area contributed by atoms with Crippen molar-refractivity contribution in [1.29, 1.82) is 5.26 Å². The molecular formula is C15H20N2O. The lowest BCUT2D eigenvalue weighted by Gasteiger charge is -2.39. The van der Waals surface area contributed by atoms with E-state index in [-0.39, 0.29) is 6.04 Å². The second-order valence-electron chi connectivity index (χ2n) is 5.48. The van der Waals surface area contributed by atoms with Crippen molar-refractivity contribution in [3.05, 3.63) is 35.4 Å². The molecule has 0 spiro atoms. The molecule has 0 aromatic heterocycles. The molecule has 3 atom stereocenters. The van der Waals surface area contributed by atoms with Gasteiger partial charge in [-0.15, -0.1) is 0 Å². The fourth-order valence-electron chi connectivity index (χ4n) is 2.64. The van der Waals surface area contributed by atoms with Crippen LogP contribution in [0.15, 0.2) is 24.3 Å². The van der Waals surface area contributed by atoms with E-state index >= 15 is 0 Å². The van der Waals surface area contributed by atoms with Crippen LogP contribution in [0.4, 0.5) is 0 Å². The van der Waals surface area contributed by atoms with Gasteiger partial charge in [-0.3, -0.25) is 0 Å². The third-order valence-corrected chi connectivity index (χ3v) is 3.92. The molecule has 1 saturated heterocycles. The first kappa shape index (κ1) is 13.1. The molecule has 3 unspecified atom stereocenters. The first-order valence-electron chi connectivity index (χ1n) is 6.50. The molecule has 2 N–H and O–H groups in total. The highest BCUT2D eigenvalue weighted by Gasteiger charge is 2.36. The Morgan fingerprint density at radius 2 is 2.28 bits per heavy atom. The van der Waals surface area contributed by atoms with Gasteiger partial charge in [-0.05, 0) is 49.9 Å². The molecule has 3 heteroatoms. The van der Waals surface area contributed by atoms with Crippen LogP contribution in [0, 0.1) is 17.2 Å². The Hall–Kier alpha value is -1.37. The van der Waals surface area contributed by atoms with Gasteiger partial charge in [-0.2, -0.15) is 5.26 Å². The highest BCUT2D eigenvalue weighted by molar-refractivity contribution is 5.36. The topological polar surface area (TPSA) is 56.0 Å². The number of aliphatic hydroxyl groups is 1. The largest absolute Gasteiger partial charge is 0.384 e. The van der Waals surface area contributed by atoms with Gasteiger partial charge in [0.05, 0.1) is 11.6 Å². The number of piperidine rings is 1.